The van der Waals surface area contributed by atoms with E-state index in [1.54, 1.807) is 23.8 Å². The van der Waals surface area contributed by atoms with Crippen molar-refractivity contribution in [2.45, 2.75) is 24.6 Å². The van der Waals surface area contributed by atoms with Crippen LogP contribution in [0.25, 0.3) is 11.4 Å². The zero-order valence-corrected chi connectivity index (χ0v) is 19.7. The first-order valence-corrected chi connectivity index (χ1v) is 13.2. The summed E-state index contributed by atoms with van der Waals surface area (Å²) in [6.45, 7) is 2.14. The van der Waals surface area contributed by atoms with Crippen LogP contribution in [-0.4, -0.2) is 52.9 Å². The summed E-state index contributed by atoms with van der Waals surface area (Å²) in [5, 5.41) is 12.7. The van der Waals surface area contributed by atoms with Gasteiger partial charge in [-0.3, -0.25) is 4.90 Å². The Bertz CT molecular complexity index is 1260. The molecule has 0 atom stereocenters. The van der Waals surface area contributed by atoms with Gasteiger partial charge in [-0.05, 0) is 55.8 Å². The molecule has 1 aromatic carbocycles. The van der Waals surface area contributed by atoms with Crippen molar-refractivity contribution in [3.63, 3.8) is 0 Å². The van der Waals surface area contributed by atoms with Gasteiger partial charge in [0.05, 0.1) is 16.5 Å². The number of anilines is 2. The zero-order valence-electron chi connectivity index (χ0n) is 17.3. The number of hydrogen-bond acceptors (Lipinski definition) is 9. The van der Waals surface area contributed by atoms with E-state index >= 15 is 0 Å². The molecule has 0 amide bonds. The summed E-state index contributed by atoms with van der Waals surface area (Å²) in [6, 6.07) is 9.52. The van der Waals surface area contributed by atoms with E-state index in [1.165, 1.54) is 17.6 Å². The first kappa shape index (κ1) is 22.6. The Hall–Kier alpha value is -2.58. The summed E-state index contributed by atoms with van der Waals surface area (Å²) in [4.78, 5) is 15.7. The minimum Gasteiger partial charge on any atom is -0.324 e. The molecule has 1 saturated heterocycles. The number of piperidine rings is 1. The number of likely N-dealkylation sites (tertiary alicyclic amines) is 1. The van der Waals surface area contributed by atoms with Gasteiger partial charge >= 0.3 is 0 Å². The highest BCUT2D eigenvalue weighted by Gasteiger charge is 2.26. The third kappa shape index (κ3) is 5.42. The van der Waals surface area contributed by atoms with E-state index in [-0.39, 0.29) is 5.25 Å². The molecule has 8 nitrogen and oxygen atoms in total. The van der Waals surface area contributed by atoms with Crippen molar-refractivity contribution in [2.24, 2.45) is 0 Å². The van der Waals surface area contributed by atoms with Crippen LogP contribution in [0.15, 0.2) is 36.0 Å². The number of benzene rings is 1. The Morgan fingerprint density at radius 1 is 1.28 bits per heavy atom. The molecule has 32 heavy (non-hydrogen) atoms. The first-order chi connectivity index (χ1) is 15.3. The fraction of sp³-hybridized carbons (Fsp3) is 0.333. The molecule has 0 radical (unpaired) electrons. The van der Waals surface area contributed by atoms with E-state index in [9.17, 15) is 13.7 Å². The summed E-state index contributed by atoms with van der Waals surface area (Å²) in [6.07, 6.45) is 4.22. The van der Waals surface area contributed by atoms with E-state index < -0.39 is 9.84 Å². The molecule has 166 valence electrons. The molecule has 1 aliphatic heterocycles. The average molecular weight is 489 g/mol. The lowest BCUT2D eigenvalue weighted by molar-refractivity contribution is 0.222. The second-order valence-corrected chi connectivity index (χ2v) is 11.3. The van der Waals surface area contributed by atoms with E-state index in [4.69, 9.17) is 11.6 Å². The molecule has 0 spiro atoms. The van der Waals surface area contributed by atoms with Gasteiger partial charge in [-0.15, -0.1) is 11.3 Å². The number of nitrogens with zero attached hydrogens (tertiary/aromatic N) is 5. The molecular weight excluding hydrogens is 468 g/mol. The number of halogens is 1. The molecule has 11 heteroatoms. The van der Waals surface area contributed by atoms with Gasteiger partial charge in [0.15, 0.2) is 0 Å². The molecule has 0 aliphatic carbocycles. The second kappa shape index (κ2) is 9.50. The number of nitrogens with one attached hydrogen (secondary N) is 1. The fourth-order valence-electron chi connectivity index (χ4n) is 3.76. The Labute approximate surface area is 195 Å². The summed E-state index contributed by atoms with van der Waals surface area (Å²) >= 11 is 7.61. The Kier molecular flexibility index (Phi) is 6.71. The van der Waals surface area contributed by atoms with Gasteiger partial charge in [-0.25, -0.2) is 23.4 Å². The number of nitriles is 1. The Morgan fingerprint density at radius 2 is 2.06 bits per heavy atom. The maximum Gasteiger partial charge on any atom is 0.227 e. The first-order valence-electron chi connectivity index (χ1n) is 9.96. The molecule has 3 aromatic rings. The van der Waals surface area contributed by atoms with Gasteiger partial charge in [0.1, 0.15) is 26.5 Å². The third-order valence-corrected chi connectivity index (χ3v) is 7.96. The molecular formula is C21H21ClN6O2S2. The van der Waals surface area contributed by atoms with Crippen molar-refractivity contribution in [2.75, 3.05) is 24.7 Å². The summed E-state index contributed by atoms with van der Waals surface area (Å²) in [5.74, 6) is 0.376. The number of hydrogen-bond donors (Lipinski definition) is 1. The van der Waals surface area contributed by atoms with Crippen molar-refractivity contribution in [3.05, 3.63) is 51.4 Å². The van der Waals surface area contributed by atoms with Crippen LogP contribution in [-0.2, 0) is 16.4 Å². The van der Waals surface area contributed by atoms with E-state index in [1.807, 2.05) is 12.1 Å². The molecule has 1 aliphatic rings. The van der Waals surface area contributed by atoms with Gasteiger partial charge in [0, 0.05) is 29.7 Å². The maximum absolute atomic E-state index is 11.8. The highest BCUT2D eigenvalue weighted by Crippen LogP contribution is 2.26. The average Bonchev–Trinajstić information content (AvgIpc) is 3.22. The smallest absolute Gasteiger partial charge is 0.227 e. The van der Waals surface area contributed by atoms with Crippen LogP contribution in [0.1, 0.15) is 23.3 Å². The predicted molar refractivity (Wildman–Crippen MR) is 126 cm³/mol. The third-order valence-electron chi connectivity index (χ3n) is 5.33. The van der Waals surface area contributed by atoms with Crippen LogP contribution in [0.2, 0.25) is 5.02 Å². The molecule has 2 aromatic heterocycles. The van der Waals surface area contributed by atoms with Crippen LogP contribution >= 0.6 is 22.9 Å². The van der Waals surface area contributed by atoms with Crippen LogP contribution in [0.5, 0.6) is 0 Å². The molecule has 4 rings (SSSR count). The SMILES string of the molecule is CS(=O)(=O)C1CCN(Cc2cc(Cl)cc(Nc3nccc(-c4ncsc4C#N)n3)c2)CC1. The molecule has 1 N–H and O–H groups in total. The highest BCUT2D eigenvalue weighted by atomic mass is 35.5. The molecule has 0 unspecified atom stereocenters. The number of rotatable bonds is 6. The van der Waals surface area contributed by atoms with Crippen LogP contribution < -0.4 is 5.32 Å². The number of sulfone groups is 1. The molecule has 1 fully saturated rings. The monoisotopic (exact) mass is 488 g/mol. The highest BCUT2D eigenvalue weighted by molar-refractivity contribution is 7.91. The van der Waals surface area contributed by atoms with Crippen LogP contribution in [0.4, 0.5) is 11.6 Å². The van der Waals surface area contributed by atoms with Crippen LogP contribution in [0, 0.1) is 11.3 Å². The van der Waals surface area contributed by atoms with E-state index in [2.05, 4.69) is 31.2 Å². The Morgan fingerprint density at radius 3 is 2.78 bits per heavy atom. The number of aromatic nitrogens is 3. The van der Waals surface area contributed by atoms with Crippen molar-refractivity contribution >= 4 is 44.4 Å². The summed E-state index contributed by atoms with van der Waals surface area (Å²) in [7, 11) is -2.99. The van der Waals surface area contributed by atoms with Crippen molar-refractivity contribution < 1.29 is 8.42 Å². The second-order valence-electron chi connectivity index (χ2n) is 7.69. The van der Waals surface area contributed by atoms with Gasteiger partial charge in [-0.2, -0.15) is 5.26 Å². The van der Waals surface area contributed by atoms with E-state index in [0.717, 1.165) is 24.3 Å². The minimum atomic E-state index is -2.99. The molecule has 0 saturated carbocycles. The summed E-state index contributed by atoms with van der Waals surface area (Å²) < 4.78 is 23.5. The quantitative estimate of drug-likeness (QED) is 0.556. The van der Waals surface area contributed by atoms with E-state index in [0.29, 0.717) is 46.6 Å². The van der Waals surface area contributed by atoms with Crippen molar-refractivity contribution in [1.29, 1.82) is 5.26 Å². The normalized spacial score (nSPS) is 15.4. The van der Waals surface area contributed by atoms with Gasteiger partial charge in [0.2, 0.25) is 5.95 Å². The van der Waals surface area contributed by atoms with Gasteiger partial charge < -0.3 is 5.32 Å². The molecule has 0 bridgehead atoms. The lowest BCUT2D eigenvalue weighted by atomic mass is 10.1. The zero-order chi connectivity index (χ0) is 22.7. The fourth-order valence-corrected chi connectivity index (χ4v) is 5.67. The van der Waals surface area contributed by atoms with Gasteiger partial charge in [0.25, 0.3) is 0 Å². The minimum absolute atomic E-state index is 0.251. The lowest BCUT2D eigenvalue weighted by Crippen LogP contribution is -2.38. The topological polar surface area (TPSA) is 112 Å². The predicted octanol–water partition coefficient (Wildman–Crippen LogP) is 3.88. The maximum atomic E-state index is 11.8. The summed E-state index contributed by atoms with van der Waals surface area (Å²) in [5.41, 5.74) is 4.48. The van der Waals surface area contributed by atoms with Crippen LogP contribution in [0.3, 0.4) is 0 Å². The van der Waals surface area contributed by atoms with Gasteiger partial charge in [-0.1, -0.05) is 11.6 Å². The van der Waals surface area contributed by atoms with Crippen molar-refractivity contribution in [1.82, 2.24) is 19.9 Å². The number of thiazole rings is 1. The lowest BCUT2D eigenvalue weighted by Gasteiger charge is -2.31. The van der Waals surface area contributed by atoms with Crippen molar-refractivity contribution in [3.8, 4) is 17.5 Å². The molecule has 3 heterocycles. The Balaban J connectivity index is 1.47. The largest absolute Gasteiger partial charge is 0.324 e. The standard InChI is InChI=1S/C21H21ClN6O2S2/c1-32(29,30)17-3-6-28(7-4-17)12-14-8-15(22)10-16(9-14)26-21-24-5-2-18(27-21)20-19(11-23)31-13-25-20/h2,5,8-10,13,17H,3-4,6-7,12H2,1H3,(H,24,26,27).